The Morgan fingerprint density at radius 1 is 0.958 bits per heavy atom. The van der Waals surface area contributed by atoms with E-state index < -0.39 is 0 Å². The number of piperidine rings is 1. The summed E-state index contributed by atoms with van der Waals surface area (Å²) in [5, 5.41) is 0. The zero-order valence-electron chi connectivity index (χ0n) is 15.0. The van der Waals surface area contributed by atoms with Crippen molar-refractivity contribution in [3.8, 4) is 5.75 Å². The van der Waals surface area contributed by atoms with Gasteiger partial charge >= 0.3 is 0 Å². The Bertz CT molecular complexity index is 638. The van der Waals surface area contributed by atoms with E-state index in [1.165, 1.54) is 24.8 Å². The molecule has 130 valence electrons. The van der Waals surface area contributed by atoms with E-state index >= 15 is 0 Å². The molecule has 1 aromatic rings. The van der Waals surface area contributed by atoms with E-state index in [0.29, 0.717) is 0 Å². The van der Waals surface area contributed by atoms with Gasteiger partial charge in [-0.1, -0.05) is 32.9 Å². The molecule has 0 amide bonds. The van der Waals surface area contributed by atoms with Crippen LogP contribution in [-0.4, -0.2) is 30.8 Å². The second kappa shape index (κ2) is 4.54. The predicted octanol–water partition coefficient (Wildman–Crippen LogP) is 3.75. The van der Waals surface area contributed by atoms with Crippen LogP contribution in [0.15, 0.2) is 24.3 Å². The van der Waals surface area contributed by atoms with Gasteiger partial charge in [-0.05, 0) is 37.0 Å². The molecular formula is C20H27NO3. The highest BCUT2D eigenvalue weighted by atomic mass is 16.7. The molecule has 24 heavy (non-hydrogen) atoms. The third-order valence-corrected chi connectivity index (χ3v) is 6.82. The van der Waals surface area contributed by atoms with Gasteiger partial charge in [0.2, 0.25) is 0 Å². The highest BCUT2D eigenvalue weighted by Crippen LogP contribution is 2.70. The maximum Gasteiger partial charge on any atom is 0.167 e. The summed E-state index contributed by atoms with van der Waals surface area (Å²) in [4.78, 5) is 2.47. The Morgan fingerprint density at radius 2 is 1.50 bits per heavy atom. The van der Waals surface area contributed by atoms with E-state index in [-0.39, 0.29) is 35.0 Å². The molecular weight excluding hydrogens is 302 g/mol. The Morgan fingerprint density at radius 3 is 2.04 bits per heavy atom. The van der Waals surface area contributed by atoms with E-state index in [1.54, 1.807) is 7.11 Å². The van der Waals surface area contributed by atoms with Crippen molar-refractivity contribution in [2.24, 2.45) is 16.2 Å². The molecule has 0 aromatic heterocycles. The first-order valence-corrected chi connectivity index (χ1v) is 9.05. The molecule has 4 atom stereocenters. The van der Waals surface area contributed by atoms with Gasteiger partial charge in [-0.2, -0.15) is 0 Å². The number of nitrogens with zero attached hydrogens (tertiary/aromatic N) is 1. The molecule has 1 aromatic carbocycles. The minimum Gasteiger partial charge on any atom is -0.497 e. The monoisotopic (exact) mass is 329 g/mol. The maximum atomic E-state index is 6.47. The Labute approximate surface area is 144 Å². The van der Waals surface area contributed by atoms with Gasteiger partial charge < -0.3 is 14.2 Å². The van der Waals surface area contributed by atoms with Crippen LogP contribution >= 0.6 is 0 Å². The predicted molar refractivity (Wildman–Crippen MR) is 90.2 cm³/mol. The molecule has 5 aliphatic rings. The normalized spacial score (nSPS) is 48.9. The lowest BCUT2D eigenvalue weighted by Gasteiger charge is -2.74. The molecule has 0 radical (unpaired) electrons. The van der Waals surface area contributed by atoms with E-state index in [9.17, 15) is 0 Å². The lowest BCUT2D eigenvalue weighted by Crippen LogP contribution is -2.78. The fraction of sp³-hybridized carbons (Fsp3) is 0.700. The van der Waals surface area contributed by atoms with Crippen molar-refractivity contribution < 1.29 is 14.2 Å². The number of hydrogen-bond acceptors (Lipinski definition) is 4. The van der Waals surface area contributed by atoms with Gasteiger partial charge in [0.05, 0.1) is 7.11 Å². The number of hydrogen-bond donors (Lipinski definition) is 0. The van der Waals surface area contributed by atoms with Crippen molar-refractivity contribution >= 4 is 0 Å². The van der Waals surface area contributed by atoms with Crippen LogP contribution in [0.2, 0.25) is 0 Å². The second-order valence-electron chi connectivity index (χ2n) is 9.32. The average molecular weight is 329 g/mol. The average Bonchev–Trinajstić information content (AvgIpc) is 2.52. The van der Waals surface area contributed by atoms with Gasteiger partial charge in [-0.25, -0.2) is 4.90 Å². The zero-order valence-corrected chi connectivity index (χ0v) is 15.0. The number of ether oxygens (including phenoxy) is 3. The van der Waals surface area contributed by atoms with E-state index in [4.69, 9.17) is 14.2 Å². The quantitative estimate of drug-likeness (QED) is 0.845. The van der Waals surface area contributed by atoms with E-state index in [1.807, 2.05) is 12.1 Å². The van der Waals surface area contributed by atoms with Crippen molar-refractivity contribution in [2.45, 2.75) is 65.3 Å². The molecule has 4 heterocycles. The number of methoxy groups -OCH3 is 1. The van der Waals surface area contributed by atoms with Crippen LogP contribution in [-0.2, 0) is 16.0 Å². The largest absolute Gasteiger partial charge is 0.497 e. The summed E-state index contributed by atoms with van der Waals surface area (Å²) in [6, 6.07) is 8.37. The standard InChI is InChI=1S/C20H27NO3/c1-18-10-19(2)12-20(3,11-18)17-23-15(18)21(16(19)24-17)9-13-5-7-14(22-4)8-6-13/h5-8,15-17H,9-12H2,1-4H3. The van der Waals surface area contributed by atoms with Gasteiger partial charge in [0.25, 0.3) is 0 Å². The minimum atomic E-state index is -0.0268. The Hall–Kier alpha value is -1.10. The van der Waals surface area contributed by atoms with Gasteiger partial charge in [-0.3, -0.25) is 0 Å². The number of rotatable bonds is 3. The van der Waals surface area contributed by atoms with Crippen LogP contribution in [0.25, 0.3) is 0 Å². The van der Waals surface area contributed by atoms with Crippen LogP contribution in [0.3, 0.4) is 0 Å². The van der Waals surface area contributed by atoms with Crippen LogP contribution in [0.4, 0.5) is 0 Å². The van der Waals surface area contributed by atoms with Crippen molar-refractivity contribution in [3.05, 3.63) is 29.8 Å². The molecule has 4 unspecified atom stereocenters. The Kier molecular flexibility index (Phi) is 2.87. The van der Waals surface area contributed by atoms with Crippen LogP contribution in [0, 0.1) is 16.2 Å². The van der Waals surface area contributed by atoms with Crippen LogP contribution < -0.4 is 4.74 Å². The van der Waals surface area contributed by atoms with Crippen molar-refractivity contribution in [1.82, 2.24) is 4.90 Å². The van der Waals surface area contributed by atoms with Crippen molar-refractivity contribution in [2.75, 3.05) is 7.11 Å². The second-order valence-corrected chi connectivity index (χ2v) is 9.32. The lowest BCUT2D eigenvalue weighted by molar-refractivity contribution is -0.476. The molecule has 1 saturated carbocycles. The fourth-order valence-electron chi connectivity index (χ4n) is 6.58. The molecule has 4 saturated heterocycles. The van der Waals surface area contributed by atoms with E-state index in [0.717, 1.165) is 12.3 Å². The molecule has 6 bridgehead atoms. The third-order valence-electron chi connectivity index (χ3n) is 6.82. The number of benzene rings is 1. The molecule has 0 spiro atoms. The molecule has 5 fully saturated rings. The summed E-state index contributed by atoms with van der Waals surface area (Å²) >= 11 is 0. The summed E-state index contributed by atoms with van der Waals surface area (Å²) in [5.74, 6) is 0.901. The SMILES string of the molecule is COc1ccc(CN2C3OC4OC2C2(C)CC4(C)CC3(C)C2)cc1. The fourth-order valence-corrected chi connectivity index (χ4v) is 6.58. The van der Waals surface area contributed by atoms with Gasteiger partial charge in [-0.15, -0.1) is 0 Å². The first-order valence-electron chi connectivity index (χ1n) is 9.05. The molecule has 4 aliphatic heterocycles. The van der Waals surface area contributed by atoms with Gasteiger partial charge in [0.15, 0.2) is 6.29 Å². The van der Waals surface area contributed by atoms with Crippen molar-refractivity contribution in [1.29, 1.82) is 0 Å². The highest BCUT2D eigenvalue weighted by molar-refractivity contribution is 5.27. The van der Waals surface area contributed by atoms with E-state index in [2.05, 4.69) is 37.8 Å². The summed E-state index contributed by atoms with van der Waals surface area (Å²) in [6.07, 6.45) is 3.93. The highest BCUT2D eigenvalue weighted by Gasteiger charge is 2.71. The first kappa shape index (κ1) is 15.2. The van der Waals surface area contributed by atoms with Gasteiger partial charge in [0, 0.05) is 22.8 Å². The molecule has 1 aliphatic carbocycles. The third kappa shape index (κ3) is 1.85. The molecule has 4 heteroatoms. The zero-order chi connectivity index (χ0) is 16.7. The molecule has 6 rings (SSSR count). The van der Waals surface area contributed by atoms with Crippen LogP contribution in [0.1, 0.15) is 45.6 Å². The smallest absolute Gasteiger partial charge is 0.167 e. The summed E-state index contributed by atoms with van der Waals surface area (Å²) in [5.41, 5.74) is 1.92. The Balaban J connectivity index is 1.50. The molecule has 0 N–H and O–H groups in total. The molecule has 4 nitrogen and oxygen atoms in total. The first-order chi connectivity index (χ1) is 11.4. The summed E-state index contributed by atoms with van der Waals surface area (Å²) in [6.45, 7) is 8.07. The lowest BCUT2D eigenvalue weighted by atomic mass is 9.48. The summed E-state index contributed by atoms with van der Waals surface area (Å²) in [7, 11) is 1.71. The van der Waals surface area contributed by atoms with Gasteiger partial charge in [0.1, 0.15) is 18.2 Å². The van der Waals surface area contributed by atoms with Crippen molar-refractivity contribution in [3.63, 3.8) is 0 Å². The minimum absolute atomic E-state index is 0.0268. The maximum absolute atomic E-state index is 6.47. The summed E-state index contributed by atoms with van der Waals surface area (Å²) < 4.78 is 18.2. The topological polar surface area (TPSA) is 30.9 Å². The van der Waals surface area contributed by atoms with Crippen LogP contribution in [0.5, 0.6) is 5.75 Å².